The number of rotatable bonds is 2. The molecular formula is C24H36. The molecule has 0 radical (unpaired) electrons. The molecule has 5 fully saturated rings. The molecule has 5 saturated carbocycles. The van der Waals surface area contributed by atoms with Gasteiger partial charge < -0.3 is 0 Å². The van der Waals surface area contributed by atoms with Crippen LogP contribution in [0, 0.1) is 69.5 Å². The first-order valence-corrected chi connectivity index (χ1v) is 11.0. The minimum atomic E-state index is 0.568. The first-order valence-electron chi connectivity index (χ1n) is 11.0. The molecule has 0 saturated heterocycles. The lowest BCUT2D eigenvalue weighted by Crippen LogP contribution is -2.49. The largest absolute Gasteiger partial charge is 0.0845 e. The van der Waals surface area contributed by atoms with Crippen LogP contribution in [0.15, 0.2) is 12.2 Å². The number of hydrogen-bond donors (Lipinski definition) is 0. The average molecular weight is 325 g/mol. The average Bonchev–Trinajstić information content (AvgIpc) is 3.22. The summed E-state index contributed by atoms with van der Waals surface area (Å²) in [4.78, 5) is 0. The lowest BCUT2D eigenvalue weighted by atomic mass is 9.50. The van der Waals surface area contributed by atoms with E-state index in [0.717, 1.165) is 53.3 Å². The minimum Gasteiger partial charge on any atom is -0.0845 e. The Morgan fingerprint density at radius 1 is 0.875 bits per heavy atom. The second-order valence-electron chi connectivity index (χ2n) is 12.3. The zero-order valence-corrected chi connectivity index (χ0v) is 16.4. The van der Waals surface area contributed by atoms with Gasteiger partial charge in [-0.25, -0.2) is 0 Å². The van der Waals surface area contributed by atoms with Gasteiger partial charge >= 0.3 is 0 Å². The summed E-state index contributed by atoms with van der Waals surface area (Å²) in [5.74, 6) is 9.28. The summed E-state index contributed by atoms with van der Waals surface area (Å²) in [7, 11) is 0. The first-order chi connectivity index (χ1) is 11.3. The van der Waals surface area contributed by atoms with Gasteiger partial charge in [-0.05, 0) is 102 Å². The molecule has 0 aromatic carbocycles. The van der Waals surface area contributed by atoms with Crippen LogP contribution in [0.3, 0.4) is 0 Å². The Kier molecular flexibility index (Phi) is 2.49. The van der Waals surface area contributed by atoms with Crippen molar-refractivity contribution in [3.63, 3.8) is 0 Å². The van der Waals surface area contributed by atoms with E-state index in [1.807, 2.05) is 0 Å². The summed E-state index contributed by atoms with van der Waals surface area (Å²) in [6, 6.07) is 0. The molecule has 0 heteroatoms. The van der Waals surface area contributed by atoms with Crippen molar-refractivity contribution in [2.24, 2.45) is 69.5 Å². The molecule has 6 rings (SSSR count). The molecule has 0 nitrogen and oxygen atoms in total. The van der Waals surface area contributed by atoms with Crippen LogP contribution in [-0.4, -0.2) is 0 Å². The maximum Gasteiger partial charge on any atom is -0.0107 e. The molecule has 0 heterocycles. The molecule has 11 unspecified atom stereocenters. The smallest absolute Gasteiger partial charge is 0.0107 e. The molecule has 0 aromatic rings. The van der Waals surface area contributed by atoms with Gasteiger partial charge in [-0.3, -0.25) is 0 Å². The van der Waals surface area contributed by atoms with Crippen LogP contribution in [-0.2, 0) is 0 Å². The van der Waals surface area contributed by atoms with Crippen LogP contribution in [0.2, 0.25) is 0 Å². The van der Waals surface area contributed by atoms with Crippen molar-refractivity contribution >= 4 is 0 Å². The van der Waals surface area contributed by atoms with Gasteiger partial charge in [0.1, 0.15) is 0 Å². The molecule has 132 valence electrons. The molecule has 6 aliphatic carbocycles. The summed E-state index contributed by atoms with van der Waals surface area (Å²) in [6.45, 7) is 13.0. The monoisotopic (exact) mass is 324 g/mol. The molecule has 0 aromatic heterocycles. The van der Waals surface area contributed by atoms with Crippen LogP contribution in [0.5, 0.6) is 0 Å². The highest BCUT2D eigenvalue weighted by molar-refractivity contribution is 5.32. The van der Waals surface area contributed by atoms with Crippen molar-refractivity contribution in [1.29, 1.82) is 0 Å². The Hall–Kier alpha value is -0.260. The zero-order chi connectivity index (χ0) is 16.6. The van der Waals surface area contributed by atoms with E-state index < -0.39 is 0 Å². The normalized spacial score (nSPS) is 67.6. The van der Waals surface area contributed by atoms with Gasteiger partial charge in [-0.2, -0.15) is 0 Å². The Balaban J connectivity index is 1.43. The SMILES string of the molecule is CC(C)CC1CC2(C)CC1C1C2C2CC1(C)C1C3C=CC(C)(C3)C21. The van der Waals surface area contributed by atoms with E-state index in [0.29, 0.717) is 16.2 Å². The van der Waals surface area contributed by atoms with Crippen LogP contribution in [0.4, 0.5) is 0 Å². The van der Waals surface area contributed by atoms with Gasteiger partial charge in [-0.1, -0.05) is 46.8 Å². The van der Waals surface area contributed by atoms with Gasteiger partial charge in [-0.15, -0.1) is 0 Å². The van der Waals surface area contributed by atoms with E-state index in [-0.39, 0.29) is 0 Å². The number of allylic oxidation sites excluding steroid dienone is 2. The van der Waals surface area contributed by atoms with Gasteiger partial charge in [0.15, 0.2) is 0 Å². The quantitative estimate of drug-likeness (QED) is 0.420. The summed E-state index contributed by atoms with van der Waals surface area (Å²) in [5.41, 5.74) is 1.95. The third kappa shape index (κ3) is 1.40. The van der Waals surface area contributed by atoms with Crippen molar-refractivity contribution in [2.75, 3.05) is 0 Å². The summed E-state index contributed by atoms with van der Waals surface area (Å²) >= 11 is 0. The van der Waals surface area contributed by atoms with Crippen LogP contribution in [0.1, 0.15) is 66.7 Å². The van der Waals surface area contributed by atoms with Gasteiger partial charge in [0.05, 0.1) is 0 Å². The predicted molar refractivity (Wildman–Crippen MR) is 99.3 cm³/mol. The molecule has 0 N–H and O–H groups in total. The molecule has 6 aliphatic rings. The highest BCUT2D eigenvalue weighted by atomic mass is 14.8. The topological polar surface area (TPSA) is 0 Å². The molecule has 0 aliphatic heterocycles. The number of hydrogen-bond acceptors (Lipinski definition) is 0. The molecule has 24 heavy (non-hydrogen) atoms. The van der Waals surface area contributed by atoms with Crippen molar-refractivity contribution in [1.82, 2.24) is 0 Å². The Morgan fingerprint density at radius 2 is 1.67 bits per heavy atom. The van der Waals surface area contributed by atoms with Gasteiger partial charge in [0, 0.05) is 0 Å². The molecule has 11 atom stereocenters. The maximum absolute atomic E-state index is 2.77. The van der Waals surface area contributed by atoms with Gasteiger partial charge in [0.2, 0.25) is 0 Å². The second kappa shape index (κ2) is 4.01. The van der Waals surface area contributed by atoms with Crippen molar-refractivity contribution in [2.45, 2.75) is 66.7 Å². The van der Waals surface area contributed by atoms with Gasteiger partial charge in [0.25, 0.3) is 0 Å². The van der Waals surface area contributed by atoms with E-state index in [4.69, 9.17) is 0 Å². The van der Waals surface area contributed by atoms with E-state index >= 15 is 0 Å². The molecule has 0 amide bonds. The van der Waals surface area contributed by atoms with E-state index in [9.17, 15) is 0 Å². The lowest BCUT2D eigenvalue weighted by molar-refractivity contribution is -0.0545. The maximum atomic E-state index is 2.77. The highest BCUT2D eigenvalue weighted by Gasteiger charge is 2.79. The first kappa shape index (κ1) is 14.9. The summed E-state index contributed by atoms with van der Waals surface area (Å²) < 4.78 is 0. The standard InChI is InChI=1S/C24H36/c1-13(2)8-15-10-23(4)11-16(15)21-20(23)17-12-24(21,5)18-14-6-7-22(3,9-14)19(17)18/h6-7,13-21H,8-12H2,1-5H3. The van der Waals surface area contributed by atoms with E-state index in [2.05, 4.69) is 46.8 Å². The Morgan fingerprint density at radius 3 is 2.42 bits per heavy atom. The third-order valence-electron chi connectivity index (χ3n) is 10.6. The van der Waals surface area contributed by atoms with Crippen molar-refractivity contribution < 1.29 is 0 Å². The fourth-order valence-electron chi connectivity index (χ4n) is 10.8. The van der Waals surface area contributed by atoms with Crippen LogP contribution < -0.4 is 0 Å². The fraction of sp³-hybridized carbons (Fsp3) is 0.917. The van der Waals surface area contributed by atoms with Crippen LogP contribution >= 0.6 is 0 Å². The summed E-state index contributed by atoms with van der Waals surface area (Å²) in [5, 5.41) is 0. The highest BCUT2D eigenvalue weighted by Crippen LogP contribution is 2.85. The Bertz CT molecular complexity index is 630. The fourth-order valence-corrected chi connectivity index (χ4v) is 10.8. The van der Waals surface area contributed by atoms with Crippen molar-refractivity contribution in [3.05, 3.63) is 12.2 Å². The molecule has 0 spiro atoms. The Labute approximate surface area is 148 Å². The number of fused-ring (bicyclic) bond motifs is 16. The van der Waals surface area contributed by atoms with E-state index in [1.165, 1.54) is 12.8 Å². The molecule has 6 bridgehead atoms. The van der Waals surface area contributed by atoms with Crippen LogP contribution in [0.25, 0.3) is 0 Å². The minimum absolute atomic E-state index is 0.568. The lowest BCUT2D eigenvalue weighted by Gasteiger charge is -2.54. The third-order valence-corrected chi connectivity index (χ3v) is 10.6. The van der Waals surface area contributed by atoms with Crippen molar-refractivity contribution in [3.8, 4) is 0 Å². The molecular weight excluding hydrogens is 288 g/mol. The second-order valence-corrected chi connectivity index (χ2v) is 12.3. The predicted octanol–water partition coefficient (Wildman–Crippen LogP) is 6.18. The van der Waals surface area contributed by atoms with E-state index in [1.54, 1.807) is 19.3 Å². The summed E-state index contributed by atoms with van der Waals surface area (Å²) in [6.07, 6.45) is 13.0. The zero-order valence-electron chi connectivity index (χ0n) is 16.4.